The quantitative estimate of drug-likeness (QED) is 0.839. The van der Waals surface area contributed by atoms with E-state index in [1.54, 1.807) is 6.20 Å². The molecule has 0 saturated carbocycles. The lowest BCUT2D eigenvalue weighted by atomic mass is 9.96. The molecule has 3 N–H and O–H groups in total. The van der Waals surface area contributed by atoms with E-state index >= 15 is 0 Å². The van der Waals surface area contributed by atoms with Crippen LogP contribution in [0.25, 0.3) is 0 Å². The van der Waals surface area contributed by atoms with Crippen molar-refractivity contribution in [2.75, 3.05) is 19.7 Å². The zero-order valence-corrected chi connectivity index (χ0v) is 12.3. The van der Waals surface area contributed by atoms with Gasteiger partial charge in [-0.05, 0) is 25.0 Å². The molecule has 1 aliphatic rings. The smallest absolute Gasteiger partial charge is 0.0936 e. The first-order valence-corrected chi connectivity index (χ1v) is 7.31. The van der Waals surface area contributed by atoms with Gasteiger partial charge >= 0.3 is 0 Å². The molecule has 112 valence electrons. The second kappa shape index (κ2) is 7.13. The van der Waals surface area contributed by atoms with Crippen molar-refractivity contribution < 1.29 is 9.84 Å². The second-order valence-corrected chi connectivity index (χ2v) is 5.51. The monoisotopic (exact) mass is 279 g/mol. The first-order chi connectivity index (χ1) is 9.65. The summed E-state index contributed by atoms with van der Waals surface area (Å²) >= 11 is 0. The highest BCUT2D eigenvalue weighted by Gasteiger charge is 2.33. The van der Waals surface area contributed by atoms with Gasteiger partial charge < -0.3 is 15.6 Å². The van der Waals surface area contributed by atoms with Gasteiger partial charge in [0.1, 0.15) is 0 Å². The highest BCUT2D eigenvalue weighted by molar-refractivity contribution is 5.16. The van der Waals surface area contributed by atoms with Crippen molar-refractivity contribution in [2.45, 2.75) is 44.6 Å². The first-order valence-electron chi connectivity index (χ1n) is 7.31. The lowest BCUT2D eigenvalue weighted by molar-refractivity contribution is -0.108. The number of hydrogen-bond acceptors (Lipinski definition) is 5. The lowest BCUT2D eigenvalue weighted by Crippen LogP contribution is -2.52. The maximum absolute atomic E-state index is 9.38. The van der Waals surface area contributed by atoms with Crippen LogP contribution in [0.5, 0.6) is 0 Å². The van der Waals surface area contributed by atoms with E-state index in [4.69, 9.17) is 10.5 Å². The number of ether oxygens (including phenoxy) is 1. The zero-order valence-electron chi connectivity index (χ0n) is 12.3. The maximum Gasteiger partial charge on any atom is 0.0936 e. The minimum Gasteiger partial charge on any atom is -0.394 e. The van der Waals surface area contributed by atoms with Crippen LogP contribution in [0.2, 0.25) is 0 Å². The predicted octanol–water partition coefficient (Wildman–Crippen LogP) is 0.942. The standard InChI is InChI=1S/C15H25N3O2/c1-3-14(16)15(12-5-4-6-17-7-12)18-8-11(2)20-13(9-18)10-19/h4-7,11,13-15,19H,3,8-10,16H2,1-2H3. The van der Waals surface area contributed by atoms with Crippen molar-refractivity contribution >= 4 is 0 Å². The van der Waals surface area contributed by atoms with Crippen LogP contribution in [0.4, 0.5) is 0 Å². The molecule has 4 unspecified atom stereocenters. The Hall–Kier alpha value is -1.01. The molecule has 0 bridgehead atoms. The number of pyridine rings is 1. The van der Waals surface area contributed by atoms with Gasteiger partial charge in [0.05, 0.1) is 24.9 Å². The van der Waals surface area contributed by atoms with Gasteiger partial charge in [-0.2, -0.15) is 0 Å². The molecule has 20 heavy (non-hydrogen) atoms. The lowest BCUT2D eigenvalue weighted by Gasteiger charge is -2.42. The second-order valence-electron chi connectivity index (χ2n) is 5.51. The van der Waals surface area contributed by atoms with Crippen molar-refractivity contribution in [3.63, 3.8) is 0 Å². The van der Waals surface area contributed by atoms with E-state index < -0.39 is 0 Å². The Morgan fingerprint density at radius 2 is 2.35 bits per heavy atom. The molecule has 0 radical (unpaired) electrons. The Morgan fingerprint density at radius 3 is 2.95 bits per heavy atom. The number of aromatic nitrogens is 1. The molecule has 0 aliphatic carbocycles. The molecule has 1 saturated heterocycles. The van der Waals surface area contributed by atoms with Gasteiger partial charge in [-0.3, -0.25) is 9.88 Å². The van der Waals surface area contributed by atoms with E-state index in [1.165, 1.54) is 0 Å². The molecule has 1 aromatic heterocycles. The van der Waals surface area contributed by atoms with Gasteiger partial charge in [0, 0.05) is 31.5 Å². The topological polar surface area (TPSA) is 71.6 Å². The van der Waals surface area contributed by atoms with Crippen LogP contribution in [-0.2, 0) is 4.74 Å². The average Bonchev–Trinajstić information content (AvgIpc) is 2.47. The van der Waals surface area contributed by atoms with E-state index in [2.05, 4.69) is 22.9 Å². The van der Waals surface area contributed by atoms with E-state index in [1.807, 2.05) is 19.2 Å². The molecular weight excluding hydrogens is 254 g/mol. The van der Waals surface area contributed by atoms with Gasteiger partial charge in [0.15, 0.2) is 0 Å². The Kier molecular flexibility index (Phi) is 5.48. The number of hydrogen-bond donors (Lipinski definition) is 2. The SMILES string of the molecule is CCC(N)C(c1cccnc1)N1CC(C)OC(CO)C1. The Balaban J connectivity index is 2.22. The third kappa shape index (κ3) is 3.55. The number of nitrogens with two attached hydrogens (primary N) is 1. The Labute approximate surface area is 120 Å². The fraction of sp³-hybridized carbons (Fsp3) is 0.667. The highest BCUT2D eigenvalue weighted by atomic mass is 16.5. The normalized spacial score (nSPS) is 27.2. The number of rotatable bonds is 5. The van der Waals surface area contributed by atoms with Crippen LogP contribution in [0, 0.1) is 0 Å². The van der Waals surface area contributed by atoms with Crippen LogP contribution in [-0.4, -0.2) is 52.9 Å². The van der Waals surface area contributed by atoms with Crippen molar-refractivity contribution in [2.24, 2.45) is 5.73 Å². The third-order valence-electron chi connectivity index (χ3n) is 3.85. The minimum absolute atomic E-state index is 0.0436. The van der Waals surface area contributed by atoms with Crippen LogP contribution < -0.4 is 5.73 Å². The van der Waals surface area contributed by atoms with E-state index in [0.717, 1.165) is 18.5 Å². The van der Waals surface area contributed by atoms with Gasteiger partial charge in [-0.1, -0.05) is 13.0 Å². The van der Waals surface area contributed by atoms with E-state index in [0.29, 0.717) is 6.54 Å². The molecule has 2 heterocycles. The third-order valence-corrected chi connectivity index (χ3v) is 3.85. The minimum atomic E-state index is -0.137. The predicted molar refractivity (Wildman–Crippen MR) is 78.2 cm³/mol. The Morgan fingerprint density at radius 1 is 1.55 bits per heavy atom. The summed E-state index contributed by atoms with van der Waals surface area (Å²) in [5, 5.41) is 9.38. The summed E-state index contributed by atoms with van der Waals surface area (Å²) in [6.07, 6.45) is 4.52. The van der Waals surface area contributed by atoms with E-state index in [9.17, 15) is 5.11 Å². The van der Waals surface area contributed by atoms with Gasteiger partial charge in [-0.25, -0.2) is 0 Å². The zero-order chi connectivity index (χ0) is 14.5. The first kappa shape index (κ1) is 15.4. The summed E-state index contributed by atoms with van der Waals surface area (Å²) in [6, 6.07) is 4.18. The molecule has 0 spiro atoms. The summed E-state index contributed by atoms with van der Waals surface area (Å²) in [6.45, 7) is 5.70. The van der Waals surface area contributed by atoms with Crippen LogP contribution in [0.1, 0.15) is 31.9 Å². The maximum atomic E-state index is 9.38. The van der Waals surface area contributed by atoms with Crippen LogP contribution >= 0.6 is 0 Å². The molecule has 2 rings (SSSR count). The molecule has 4 atom stereocenters. The molecule has 0 aromatic carbocycles. The molecule has 1 aliphatic heterocycles. The largest absolute Gasteiger partial charge is 0.394 e. The molecule has 1 fully saturated rings. The summed E-state index contributed by atoms with van der Waals surface area (Å²) in [4.78, 5) is 6.53. The molecule has 1 aromatic rings. The number of aliphatic hydroxyl groups excluding tert-OH is 1. The fourth-order valence-electron chi connectivity index (χ4n) is 2.91. The number of nitrogens with zero attached hydrogens (tertiary/aromatic N) is 2. The summed E-state index contributed by atoms with van der Waals surface area (Å²) in [5.41, 5.74) is 7.47. The van der Waals surface area contributed by atoms with Crippen LogP contribution in [0.15, 0.2) is 24.5 Å². The summed E-state index contributed by atoms with van der Waals surface area (Å²) in [5.74, 6) is 0. The fourth-order valence-corrected chi connectivity index (χ4v) is 2.91. The average molecular weight is 279 g/mol. The number of aliphatic hydroxyl groups is 1. The van der Waals surface area contributed by atoms with Crippen molar-refractivity contribution in [3.8, 4) is 0 Å². The highest BCUT2D eigenvalue weighted by Crippen LogP contribution is 2.27. The van der Waals surface area contributed by atoms with Gasteiger partial charge in [0.2, 0.25) is 0 Å². The molecule has 5 heteroatoms. The van der Waals surface area contributed by atoms with E-state index in [-0.39, 0.29) is 30.9 Å². The molecule has 0 amide bonds. The summed E-state index contributed by atoms with van der Waals surface area (Å²) < 4.78 is 5.72. The Bertz CT molecular complexity index is 401. The molecule has 5 nitrogen and oxygen atoms in total. The van der Waals surface area contributed by atoms with Gasteiger partial charge in [0.25, 0.3) is 0 Å². The number of morpholine rings is 1. The van der Waals surface area contributed by atoms with Crippen molar-refractivity contribution in [1.82, 2.24) is 9.88 Å². The summed E-state index contributed by atoms with van der Waals surface area (Å²) in [7, 11) is 0. The van der Waals surface area contributed by atoms with Crippen molar-refractivity contribution in [3.05, 3.63) is 30.1 Å². The van der Waals surface area contributed by atoms with Crippen molar-refractivity contribution in [1.29, 1.82) is 0 Å². The van der Waals surface area contributed by atoms with Gasteiger partial charge in [-0.15, -0.1) is 0 Å². The molecular formula is C15H25N3O2. The van der Waals surface area contributed by atoms with Crippen LogP contribution in [0.3, 0.4) is 0 Å².